The minimum Gasteiger partial charge on any atom is -0.457 e. The summed E-state index contributed by atoms with van der Waals surface area (Å²) in [6, 6.07) is 11.3. The lowest BCUT2D eigenvalue weighted by molar-refractivity contribution is 0.0935. The molecule has 2 aliphatic heterocycles. The summed E-state index contributed by atoms with van der Waals surface area (Å²) in [4.78, 5) is 32.3. The number of anilines is 3. The maximum Gasteiger partial charge on any atom is 0.331 e. The van der Waals surface area contributed by atoms with Crippen LogP contribution in [-0.4, -0.2) is 36.1 Å². The summed E-state index contributed by atoms with van der Waals surface area (Å²) in [6.45, 7) is 1.57. The topological polar surface area (TPSA) is 95.6 Å². The van der Waals surface area contributed by atoms with E-state index in [1.54, 1.807) is 30.3 Å². The summed E-state index contributed by atoms with van der Waals surface area (Å²) in [5.41, 5.74) is -0.0371. The lowest BCUT2D eigenvalue weighted by Gasteiger charge is -2.29. The number of nitrogens with zero attached hydrogens (tertiary/aromatic N) is 2. The van der Waals surface area contributed by atoms with Gasteiger partial charge in [-0.05, 0) is 37.6 Å². The number of carbonyl (C=O) groups excluding carboxylic acids is 2. The average molecular weight is 522 g/mol. The number of pyridine rings is 1. The first-order valence-electron chi connectivity index (χ1n) is 11.8. The van der Waals surface area contributed by atoms with Gasteiger partial charge in [-0.15, -0.1) is 11.3 Å². The number of urea groups is 1. The van der Waals surface area contributed by atoms with Gasteiger partial charge in [0.05, 0.1) is 16.8 Å². The Morgan fingerprint density at radius 1 is 1.14 bits per heavy atom. The van der Waals surface area contributed by atoms with Gasteiger partial charge in [0.2, 0.25) is 0 Å². The van der Waals surface area contributed by atoms with Crippen LogP contribution in [0.3, 0.4) is 0 Å². The van der Waals surface area contributed by atoms with Gasteiger partial charge >= 0.3 is 6.03 Å². The third kappa shape index (κ3) is 4.25. The Kier molecular flexibility index (Phi) is 5.93. The molecule has 0 bridgehead atoms. The van der Waals surface area contributed by atoms with E-state index in [0.717, 1.165) is 47.8 Å². The molecule has 0 saturated carbocycles. The molecule has 6 rings (SSSR count). The van der Waals surface area contributed by atoms with Crippen molar-refractivity contribution in [2.45, 2.75) is 18.9 Å². The number of piperidine rings is 1. The van der Waals surface area contributed by atoms with Gasteiger partial charge in [-0.25, -0.2) is 18.6 Å². The van der Waals surface area contributed by atoms with Gasteiger partial charge in [-0.1, -0.05) is 18.2 Å². The van der Waals surface area contributed by atoms with Gasteiger partial charge in [0.1, 0.15) is 26.9 Å². The third-order valence-electron chi connectivity index (χ3n) is 6.28. The van der Waals surface area contributed by atoms with Crippen LogP contribution in [0.5, 0.6) is 11.5 Å². The smallest absolute Gasteiger partial charge is 0.331 e. The van der Waals surface area contributed by atoms with Crippen molar-refractivity contribution in [3.8, 4) is 11.5 Å². The highest BCUT2D eigenvalue weighted by Crippen LogP contribution is 2.47. The first-order chi connectivity index (χ1) is 18.0. The number of nitrogens with one attached hydrogen (secondary N) is 3. The number of aromatic nitrogens is 1. The van der Waals surface area contributed by atoms with Gasteiger partial charge in [0.25, 0.3) is 5.91 Å². The Hall–Kier alpha value is -4.09. The fraction of sp³-hybridized carbons (Fsp3) is 0.192. The first kappa shape index (κ1) is 23.3. The van der Waals surface area contributed by atoms with E-state index in [4.69, 9.17) is 4.74 Å². The fourth-order valence-electron chi connectivity index (χ4n) is 4.63. The second-order valence-corrected chi connectivity index (χ2v) is 9.75. The van der Waals surface area contributed by atoms with Gasteiger partial charge in [0.15, 0.2) is 11.6 Å². The number of halogens is 2. The summed E-state index contributed by atoms with van der Waals surface area (Å²) in [5, 5.41) is 9.36. The number of para-hydroxylation sites is 1. The van der Waals surface area contributed by atoms with Crippen LogP contribution in [0.15, 0.2) is 54.7 Å². The molecule has 188 valence electrons. The summed E-state index contributed by atoms with van der Waals surface area (Å²) >= 11 is 1.12. The molecule has 1 fully saturated rings. The number of hydrogen-bond donors (Lipinski definition) is 3. The van der Waals surface area contributed by atoms with Crippen LogP contribution in [0.25, 0.3) is 10.2 Å². The number of amides is 3. The Labute approximate surface area is 214 Å². The average Bonchev–Trinajstić information content (AvgIpc) is 3.26. The van der Waals surface area contributed by atoms with E-state index < -0.39 is 23.4 Å². The molecule has 3 amide bonds. The predicted octanol–water partition coefficient (Wildman–Crippen LogP) is 5.53. The third-order valence-corrected chi connectivity index (χ3v) is 7.37. The Morgan fingerprint density at radius 2 is 1.92 bits per heavy atom. The monoisotopic (exact) mass is 521 g/mol. The molecule has 0 spiro atoms. The van der Waals surface area contributed by atoms with Crippen molar-refractivity contribution in [2.75, 3.05) is 23.3 Å². The molecule has 0 radical (unpaired) electrons. The van der Waals surface area contributed by atoms with E-state index in [1.807, 2.05) is 0 Å². The molecule has 2 aliphatic rings. The second-order valence-electron chi connectivity index (χ2n) is 8.75. The minimum absolute atomic E-state index is 0.0262. The van der Waals surface area contributed by atoms with E-state index in [2.05, 4.69) is 20.9 Å². The van der Waals surface area contributed by atoms with Crippen molar-refractivity contribution >= 4 is 50.6 Å². The largest absolute Gasteiger partial charge is 0.457 e. The Morgan fingerprint density at radius 3 is 2.65 bits per heavy atom. The number of hydrogen-bond acceptors (Lipinski definition) is 6. The summed E-state index contributed by atoms with van der Waals surface area (Å²) < 4.78 is 36.2. The van der Waals surface area contributed by atoms with E-state index in [0.29, 0.717) is 27.4 Å². The number of carbonyl (C=O) groups is 2. The SMILES string of the molecule is O=C(NC1CCCNC1)c1sc2nccc3c2c1NC(=O)N3c1c(F)cc(Oc2ccccc2)cc1F. The second kappa shape index (κ2) is 9.41. The molecular formula is C26H21F2N5O3S. The molecule has 3 N–H and O–H groups in total. The zero-order valence-electron chi connectivity index (χ0n) is 19.4. The minimum atomic E-state index is -0.979. The van der Waals surface area contributed by atoms with Crippen molar-refractivity contribution < 1.29 is 23.1 Å². The molecule has 1 atom stereocenters. The molecule has 4 heterocycles. The molecule has 8 nitrogen and oxygen atoms in total. The van der Waals surface area contributed by atoms with Crippen LogP contribution in [0.1, 0.15) is 22.5 Å². The molecular weight excluding hydrogens is 500 g/mol. The van der Waals surface area contributed by atoms with Crippen LogP contribution in [0.4, 0.5) is 30.6 Å². The lowest BCUT2D eigenvalue weighted by atomic mass is 10.1. The first-order valence-corrected chi connectivity index (χ1v) is 12.6. The highest BCUT2D eigenvalue weighted by molar-refractivity contribution is 7.21. The number of ether oxygens (including phenoxy) is 1. The number of thiophene rings is 1. The summed E-state index contributed by atoms with van der Waals surface area (Å²) in [5.74, 6) is -1.92. The van der Waals surface area contributed by atoms with Gasteiger partial charge in [-0.2, -0.15) is 0 Å². The maximum atomic E-state index is 15.3. The van der Waals surface area contributed by atoms with Crippen LogP contribution >= 0.6 is 11.3 Å². The maximum absolute atomic E-state index is 15.3. The van der Waals surface area contributed by atoms with Gasteiger partial charge in [0, 0.05) is 30.9 Å². The highest BCUT2D eigenvalue weighted by Gasteiger charge is 2.36. The van der Waals surface area contributed by atoms with Crippen molar-refractivity contribution in [3.05, 3.63) is 71.2 Å². The van der Waals surface area contributed by atoms with Crippen molar-refractivity contribution in [2.24, 2.45) is 0 Å². The van der Waals surface area contributed by atoms with Crippen LogP contribution in [-0.2, 0) is 0 Å². The van der Waals surface area contributed by atoms with Crippen molar-refractivity contribution in [3.63, 3.8) is 0 Å². The van der Waals surface area contributed by atoms with Crippen molar-refractivity contribution in [1.82, 2.24) is 15.6 Å². The molecule has 11 heteroatoms. The zero-order chi connectivity index (χ0) is 25.5. The van der Waals surface area contributed by atoms with Gasteiger partial charge < -0.3 is 20.7 Å². The number of rotatable bonds is 5. The molecule has 0 aliphatic carbocycles. The standard InChI is InChI=1S/C26H21F2N5O3S/c27-17-11-16(36-15-6-2-1-3-7-15)12-18(28)22(17)33-19-8-10-30-25-20(19)21(32-26(33)35)23(37-25)24(34)31-14-5-4-9-29-13-14/h1-3,6-8,10-12,14,29H,4-5,9,13H2,(H,31,34)(H,32,35). The lowest BCUT2D eigenvalue weighted by Crippen LogP contribution is -2.45. The molecule has 2 aromatic carbocycles. The Balaban J connectivity index is 1.37. The summed E-state index contributed by atoms with van der Waals surface area (Å²) in [7, 11) is 0. The van der Waals surface area contributed by atoms with E-state index in [9.17, 15) is 9.59 Å². The van der Waals surface area contributed by atoms with E-state index in [1.165, 1.54) is 12.3 Å². The molecule has 1 unspecified atom stereocenters. The fourth-order valence-corrected chi connectivity index (χ4v) is 5.65. The predicted molar refractivity (Wildman–Crippen MR) is 137 cm³/mol. The molecule has 37 heavy (non-hydrogen) atoms. The molecule has 1 saturated heterocycles. The van der Waals surface area contributed by atoms with Gasteiger partial charge in [-0.3, -0.25) is 9.69 Å². The number of benzene rings is 2. The van der Waals surface area contributed by atoms with Crippen LogP contribution in [0, 0.1) is 11.6 Å². The van der Waals surface area contributed by atoms with E-state index in [-0.39, 0.29) is 29.1 Å². The normalized spacial score (nSPS) is 17.0. The van der Waals surface area contributed by atoms with Crippen LogP contribution in [0.2, 0.25) is 0 Å². The van der Waals surface area contributed by atoms with E-state index >= 15 is 8.78 Å². The summed E-state index contributed by atoms with van der Waals surface area (Å²) in [6.07, 6.45) is 3.25. The molecule has 2 aromatic heterocycles. The highest BCUT2D eigenvalue weighted by atomic mass is 32.1. The Bertz CT molecular complexity index is 1500. The zero-order valence-corrected chi connectivity index (χ0v) is 20.2. The van der Waals surface area contributed by atoms with Crippen molar-refractivity contribution in [1.29, 1.82) is 0 Å². The molecule has 4 aromatic rings. The van der Waals surface area contributed by atoms with Crippen LogP contribution < -0.4 is 25.6 Å². The quantitative estimate of drug-likeness (QED) is 0.321.